The second-order valence-corrected chi connectivity index (χ2v) is 4.56. The first kappa shape index (κ1) is 14.2. The molecule has 2 aromatic rings. The molecular weight excluding hydrogens is 259 g/mol. The molecule has 2 rings (SSSR count). The molecule has 106 valence electrons. The van der Waals surface area contributed by atoms with Crippen LogP contribution in [-0.4, -0.2) is 17.4 Å². The van der Waals surface area contributed by atoms with E-state index >= 15 is 0 Å². The second-order valence-electron chi connectivity index (χ2n) is 4.56. The molecule has 0 saturated carbocycles. The Bertz CT molecular complexity index is 581. The molecule has 0 radical (unpaired) electrons. The average molecular weight is 276 g/mol. The molecular formula is C15H17FN2O2. The molecule has 0 atom stereocenters. The van der Waals surface area contributed by atoms with Crippen LogP contribution in [0.3, 0.4) is 0 Å². The SMILES string of the molecule is Cc1cnc(CCNC(=O)CCc2ccccc2F)o1. The normalized spacial score (nSPS) is 10.5. The van der Waals surface area contributed by atoms with Crippen molar-refractivity contribution < 1.29 is 13.6 Å². The number of oxazole rings is 1. The van der Waals surface area contributed by atoms with Crippen LogP contribution in [0.2, 0.25) is 0 Å². The second kappa shape index (κ2) is 6.84. The number of hydrogen-bond acceptors (Lipinski definition) is 3. The zero-order valence-electron chi connectivity index (χ0n) is 11.4. The van der Waals surface area contributed by atoms with E-state index in [1.54, 1.807) is 24.4 Å². The van der Waals surface area contributed by atoms with Gasteiger partial charge in [0, 0.05) is 19.4 Å². The number of hydrogen-bond donors (Lipinski definition) is 1. The van der Waals surface area contributed by atoms with E-state index in [1.807, 2.05) is 6.92 Å². The summed E-state index contributed by atoms with van der Waals surface area (Å²) >= 11 is 0. The molecule has 1 heterocycles. The summed E-state index contributed by atoms with van der Waals surface area (Å²) in [6.45, 7) is 2.29. The van der Waals surface area contributed by atoms with Crippen LogP contribution in [-0.2, 0) is 17.6 Å². The summed E-state index contributed by atoms with van der Waals surface area (Å²) in [6, 6.07) is 6.49. The predicted octanol–water partition coefficient (Wildman–Crippen LogP) is 2.41. The molecule has 0 aliphatic rings. The highest BCUT2D eigenvalue weighted by molar-refractivity contribution is 5.76. The fourth-order valence-corrected chi connectivity index (χ4v) is 1.86. The van der Waals surface area contributed by atoms with Crippen LogP contribution in [0.25, 0.3) is 0 Å². The maximum Gasteiger partial charge on any atom is 0.220 e. The van der Waals surface area contributed by atoms with Gasteiger partial charge in [-0.2, -0.15) is 0 Å². The summed E-state index contributed by atoms with van der Waals surface area (Å²) in [6.07, 6.45) is 2.87. The lowest BCUT2D eigenvalue weighted by molar-refractivity contribution is -0.121. The van der Waals surface area contributed by atoms with Gasteiger partial charge in [0.25, 0.3) is 0 Å². The fourth-order valence-electron chi connectivity index (χ4n) is 1.86. The summed E-state index contributed by atoms with van der Waals surface area (Å²) < 4.78 is 18.7. The van der Waals surface area contributed by atoms with Crippen molar-refractivity contribution in [2.45, 2.75) is 26.2 Å². The molecule has 4 nitrogen and oxygen atoms in total. The molecule has 0 saturated heterocycles. The Morgan fingerprint density at radius 3 is 2.85 bits per heavy atom. The van der Waals surface area contributed by atoms with E-state index in [2.05, 4.69) is 10.3 Å². The van der Waals surface area contributed by atoms with Crippen molar-refractivity contribution in [2.75, 3.05) is 6.54 Å². The lowest BCUT2D eigenvalue weighted by atomic mass is 10.1. The van der Waals surface area contributed by atoms with Crippen LogP contribution in [0.4, 0.5) is 4.39 Å². The summed E-state index contributed by atoms with van der Waals surface area (Å²) in [5, 5.41) is 2.77. The summed E-state index contributed by atoms with van der Waals surface area (Å²) in [7, 11) is 0. The highest BCUT2D eigenvalue weighted by Crippen LogP contribution is 2.08. The molecule has 5 heteroatoms. The Morgan fingerprint density at radius 1 is 1.35 bits per heavy atom. The van der Waals surface area contributed by atoms with Gasteiger partial charge in [0.05, 0.1) is 6.20 Å². The molecule has 0 spiro atoms. The Morgan fingerprint density at radius 2 is 2.15 bits per heavy atom. The number of nitrogens with zero attached hydrogens (tertiary/aromatic N) is 1. The third-order valence-corrected chi connectivity index (χ3v) is 2.91. The van der Waals surface area contributed by atoms with Crippen molar-refractivity contribution in [3.05, 3.63) is 53.5 Å². The Balaban J connectivity index is 1.69. The predicted molar refractivity (Wildman–Crippen MR) is 72.7 cm³/mol. The van der Waals surface area contributed by atoms with E-state index in [4.69, 9.17) is 4.42 Å². The van der Waals surface area contributed by atoms with Gasteiger partial charge in [0.1, 0.15) is 11.6 Å². The van der Waals surface area contributed by atoms with Gasteiger partial charge in [-0.3, -0.25) is 4.79 Å². The molecule has 0 bridgehead atoms. The molecule has 1 N–H and O–H groups in total. The van der Waals surface area contributed by atoms with Crippen LogP contribution in [0.5, 0.6) is 0 Å². The largest absolute Gasteiger partial charge is 0.446 e. The average Bonchev–Trinajstić information content (AvgIpc) is 2.83. The van der Waals surface area contributed by atoms with Crippen molar-refractivity contribution in [3.8, 4) is 0 Å². The Hall–Kier alpha value is -2.17. The van der Waals surface area contributed by atoms with E-state index in [1.165, 1.54) is 6.07 Å². The van der Waals surface area contributed by atoms with E-state index in [-0.39, 0.29) is 18.1 Å². The number of aryl methyl sites for hydroxylation is 2. The van der Waals surface area contributed by atoms with Gasteiger partial charge in [-0.25, -0.2) is 9.37 Å². The molecule has 20 heavy (non-hydrogen) atoms. The van der Waals surface area contributed by atoms with Crippen LogP contribution in [0, 0.1) is 12.7 Å². The lowest BCUT2D eigenvalue weighted by Crippen LogP contribution is -2.26. The number of carbonyl (C=O) groups is 1. The Labute approximate surface area is 117 Å². The summed E-state index contributed by atoms with van der Waals surface area (Å²) in [5.74, 6) is 0.995. The zero-order valence-corrected chi connectivity index (χ0v) is 11.4. The smallest absolute Gasteiger partial charge is 0.220 e. The van der Waals surface area contributed by atoms with Gasteiger partial charge < -0.3 is 9.73 Å². The van der Waals surface area contributed by atoms with E-state index in [0.29, 0.717) is 30.8 Å². The number of carbonyl (C=O) groups excluding carboxylic acids is 1. The standard InChI is InChI=1S/C15H17FN2O2/c1-11-10-18-15(20-11)8-9-17-14(19)7-6-12-4-2-3-5-13(12)16/h2-5,10H,6-9H2,1H3,(H,17,19). The van der Waals surface area contributed by atoms with Gasteiger partial charge in [-0.1, -0.05) is 18.2 Å². The topological polar surface area (TPSA) is 55.1 Å². The minimum absolute atomic E-state index is 0.100. The highest BCUT2D eigenvalue weighted by Gasteiger charge is 2.06. The molecule has 1 aromatic heterocycles. The number of halogens is 1. The van der Waals surface area contributed by atoms with Crippen molar-refractivity contribution in [1.82, 2.24) is 10.3 Å². The van der Waals surface area contributed by atoms with Crippen molar-refractivity contribution in [3.63, 3.8) is 0 Å². The minimum atomic E-state index is -0.268. The molecule has 1 amide bonds. The summed E-state index contributed by atoms with van der Waals surface area (Å²) in [4.78, 5) is 15.7. The molecule has 0 fully saturated rings. The van der Waals surface area contributed by atoms with Crippen LogP contribution >= 0.6 is 0 Å². The Kier molecular flexibility index (Phi) is 4.87. The summed E-state index contributed by atoms with van der Waals surface area (Å²) in [5.41, 5.74) is 0.561. The first-order chi connectivity index (χ1) is 9.65. The van der Waals surface area contributed by atoms with E-state index in [0.717, 1.165) is 5.76 Å². The quantitative estimate of drug-likeness (QED) is 0.881. The number of nitrogens with one attached hydrogen (secondary N) is 1. The van der Waals surface area contributed by atoms with Gasteiger partial charge in [-0.05, 0) is 25.0 Å². The van der Waals surface area contributed by atoms with Crippen LogP contribution < -0.4 is 5.32 Å². The maximum absolute atomic E-state index is 13.4. The molecule has 0 unspecified atom stereocenters. The number of rotatable bonds is 6. The van der Waals surface area contributed by atoms with Crippen molar-refractivity contribution in [1.29, 1.82) is 0 Å². The third kappa shape index (κ3) is 4.19. The third-order valence-electron chi connectivity index (χ3n) is 2.91. The monoisotopic (exact) mass is 276 g/mol. The molecule has 0 aliphatic heterocycles. The van der Waals surface area contributed by atoms with Crippen molar-refractivity contribution >= 4 is 5.91 Å². The number of benzene rings is 1. The van der Waals surface area contributed by atoms with Gasteiger partial charge in [0.2, 0.25) is 5.91 Å². The zero-order chi connectivity index (χ0) is 14.4. The first-order valence-corrected chi connectivity index (χ1v) is 6.56. The van der Waals surface area contributed by atoms with Crippen LogP contribution in [0.1, 0.15) is 23.6 Å². The first-order valence-electron chi connectivity index (χ1n) is 6.56. The maximum atomic E-state index is 13.4. The molecule has 1 aromatic carbocycles. The van der Waals surface area contributed by atoms with E-state index < -0.39 is 0 Å². The van der Waals surface area contributed by atoms with Gasteiger partial charge in [0.15, 0.2) is 5.89 Å². The van der Waals surface area contributed by atoms with E-state index in [9.17, 15) is 9.18 Å². The molecule has 0 aliphatic carbocycles. The highest BCUT2D eigenvalue weighted by atomic mass is 19.1. The number of aromatic nitrogens is 1. The fraction of sp³-hybridized carbons (Fsp3) is 0.333. The lowest BCUT2D eigenvalue weighted by Gasteiger charge is -2.04. The number of amides is 1. The van der Waals surface area contributed by atoms with Gasteiger partial charge >= 0.3 is 0 Å². The minimum Gasteiger partial charge on any atom is -0.446 e. The van der Waals surface area contributed by atoms with Gasteiger partial charge in [-0.15, -0.1) is 0 Å². The van der Waals surface area contributed by atoms with Crippen molar-refractivity contribution in [2.24, 2.45) is 0 Å². The van der Waals surface area contributed by atoms with Crippen LogP contribution in [0.15, 0.2) is 34.9 Å².